The summed E-state index contributed by atoms with van der Waals surface area (Å²) in [6, 6.07) is 0.418. The lowest BCUT2D eigenvalue weighted by molar-refractivity contribution is -0.140. The van der Waals surface area contributed by atoms with E-state index in [1.54, 1.807) is 0 Å². The zero-order valence-electron chi connectivity index (χ0n) is 9.99. The van der Waals surface area contributed by atoms with E-state index >= 15 is 0 Å². The standard InChI is InChI=1S/C11H21NO2S/c1-8-5-9(7-15-8)12(6-10(13)14)11(2,3)4/h8-9H,5-7H2,1-4H3,(H,13,14). The van der Waals surface area contributed by atoms with Crippen molar-refractivity contribution in [1.82, 2.24) is 4.90 Å². The predicted octanol–water partition coefficient (Wildman–Crippen LogP) is 2.07. The molecule has 88 valence electrons. The number of aliphatic carboxylic acids is 1. The van der Waals surface area contributed by atoms with Gasteiger partial charge in [0.2, 0.25) is 0 Å². The molecule has 1 rings (SSSR count). The lowest BCUT2D eigenvalue weighted by atomic mass is 10.0. The minimum absolute atomic E-state index is 0.0618. The topological polar surface area (TPSA) is 40.5 Å². The minimum Gasteiger partial charge on any atom is -0.480 e. The van der Waals surface area contributed by atoms with Gasteiger partial charge in [0.1, 0.15) is 0 Å². The van der Waals surface area contributed by atoms with Crippen molar-refractivity contribution >= 4 is 17.7 Å². The lowest BCUT2D eigenvalue weighted by Gasteiger charge is -2.38. The quantitative estimate of drug-likeness (QED) is 0.807. The van der Waals surface area contributed by atoms with Crippen molar-refractivity contribution in [3.05, 3.63) is 0 Å². The number of thioether (sulfide) groups is 1. The summed E-state index contributed by atoms with van der Waals surface area (Å²) in [7, 11) is 0. The van der Waals surface area contributed by atoms with E-state index in [1.807, 2.05) is 11.8 Å². The normalized spacial score (nSPS) is 27.3. The highest BCUT2D eigenvalue weighted by atomic mass is 32.2. The molecule has 0 bridgehead atoms. The molecule has 1 heterocycles. The van der Waals surface area contributed by atoms with Crippen LogP contribution in [0.2, 0.25) is 0 Å². The molecule has 0 aromatic rings. The van der Waals surface area contributed by atoms with Crippen molar-refractivity contribution in [2.24, 2.45) is 0 Å². The van der Waals surface area contributed by atoms with Gasteiger partial charge in [-0.1, -0.05) is 6.92 Å². The Hall–Kier alpha value is -0.220. The zero-order valence-corrected chi connectivity index (χ0v) is 10.8. The molecule has 1 saturated heterocycles. The molecule has 15 heavy (non-hydrogen) atoms. The number of carboxylic acids is 1. The van der Waals surface area contributed by atoms with Crippen LogP contribution in [0.3, 0.4) is 0 Å². The van der Waals surface area contributed by atoms with Gasteiger partial charge < -0.3 is 5.11 Å². The van der Waals surface area contributed by atoms with E-state index < -0.39 is 5.97 Å². The highest BCUT2D eigenvalue weighted by Crippen LogP contribution is 2.32. The van der Waals surface area contributed by atoms with Gasteiger partial charge in [-0.05, 0) is 27.2 Å². The van der Waals surface area contributed by atoms with Crippen LogP contribution in [0, 0.1) is 0 Å². The maximum atomic E-state index is 10.8. The summed E-state index contributed by atoms with van der Waals surface area (Å²) < 4.78 is 0. The number of carbonyl (C=O) groups is 1. The molecule has 2 atom stereocenters. The van der Waals surface area contributed by atoms with Gasteiger partial charge in [-0.25, -0.2) is 0 Å². The van der Waals surface area contributed by atoms with Crippen LogP contribution >= 0.6 is 11.8 Å². The molecule has 3 nitrogen and oxygen atoms in total. The molecule has 0 radical (unpaired) electrons. The van der Waals surface area contributed by atoms with E-state index in [2.05, 4.69) is 32.6 Å². The van der Waals surface area contributed by atoms with E-state index in [1.165, 1.54) is 0 Å². The van der Waals surface area contributed by atoms with Gasteiger partial charge in [0, 0.05) is 22.6 Å². The minimum atomic E-state index is -0.727. The summed E-state index contributed by atoms with van der Waals surface area (Å²) in [5.41, 5.74) is -0.0618. The van der Waals surface area contributed by atoms with Gasteiger partial charge in [0.25, 0.3) is 0 Å². The molecule has 0 aliphatic carbocycles. The Morgan fingerprint density at radius 2 is 2.13 bits per heavy atom. The van der Waals surface area contributed by atoms with E-state index in [4.69, 9.17) is 5.11 Å². The third kappa shape index (κ3) is 3.68. The first-order valence-electron chi connectivity index (χ1n) is 5.41. The maximum Gasteiger partial charge on any atom is 0.317 e. The number of nitrogens with zero attached hydrogens (tertiary/aromatic N) is 1. The monoisotopic (exact) mass is 231 g/mol. The van der Waals surface area contributed by atoms with Gasteiger partial charge in [-0.2, -0.15) is 11.8 Å². The summed E-state index contributed by atoms with van der Waals surface area (Å²) in [4.78, 5) is 13.0. The number of hydrogen-bond acceptors (Lipinski definition) is 3. The summed E-state index contributed by atoms with van der Waals surface area (Å²) >= 11 is 1.94. The van der Waals surface area contributed by atoms with Crippen LogP contribution in [0.1, 0.15) is 34.1 Å². The fraction of sp³-hybridized carbons (Fsp3) is 0.909. The first-order valence-corrected chi connectivity index (χ1v) is 6.45. The van der Waals surface area contributed by atoms with Crippen LogP contribution in [-0.4, -0.2) is 45.1 Å². The van der Waals surface area contributed by atoms with Crippen molar-refractivity contribution < 1.29 is 9.90 Å². The van der Waals surface area contributed by atoms with Crippen LogP contribution in [0.5, 0.6) is 0 Å². The summed E-state index contributed by atoms with van der Waals surface area (Å²) in [6.45, 7) is 8.63. The smallest absolute Gasteiger partial charge is 0.317 e. The van der Waals surface area contributed by atoms with Crippen LogP contribution in [0.25, 0.3) is 0 Å². The Balaban J connectivity index is 2.68. The molecular weight excluding hydrogens is 210 g/mol. The first-order chi connectivity index (χ1) is 6.80. The number of carboxylic acid groups (broad SMARTS) is 1. The Morgan fingerprint density at radius 3 is 2.47 bits per heavy atom. The molecular formula is C11H21NO2S. The van der Waals surface area contributed by atoms with Gasteiger partial charge >= 0.3 is 5.97 Å². The van der Waals surface area contributed by atoms with E-state index in [0.29, 0.717) is 11.3 Å². The first kappa shape index (κ1) is 12.8. The average Bonchev–Trinajstić information content (AvgIpc) is 2.45. The van der Waals surface area contributed by atoms with Crippen LogP contribution in [-0.2, 0) is 4.79 Å². The maximum absolute atomic E-state index is 10.8. The molecule has 0 aromatic carbocycles. The fourth-order valence-corrected chi connectivity index (χ4v) is 3.30. The second kappa shape index (κ2) is 4.74. The second-order valence-electron chi connectivity index (χ2n) is 5.23. The van der Waals surface area contributed by atoms with Crippen LogP contribution in [0.15, 0.2) is 0 Å². The van der Waals surface area contributed by atoms with Crippen molar-refractivity contribution in [1.29, 1.82) is 0 Å². The molecule has 1 N–H and O–H groups in total. The van der Waals surface area contributed by atoms with Gasteiger partial charge in [0.15, 0.2) is 0 Å². The SMILES string of the molecule is CC1CC(N(CC(=O)O)C(C)(C)C)CS1. The molecule has 0 aromatic heterocycles. The third-order valence-electron chi connectivity index (χ3n) is 2.79. The highest BCUT2D eigenvalue weighted by Gasteiger charge is 2.34. The van der Waals surface area contributed by atoms with Crippen molar-refractivity contribution in [2.45, 2.75) is 50.9 Å². The molecule has 0 saturated carbocycles. The van der Waals surface area contributed by atoms with E-state index in [0.717, 1.165) is 12.2 Å². The Labute approximate surface area is 96.2 Å². The molecule has 1 aliphatic rings. The largest absolute Gasteiger partial charge is 0.480 e. The Morgan fingerprint density at radius 1 is 1.53 bits per heavy atom. The molecule has 0 spiro atoms. The van der Waals surface area contributed by atoms with Crippen molar-refractivity contribution in [3.8, 4) is 0 Å². The predicted molar refractivity (Wildman–Crippen MR) is 64.4 cm³/mol. The van der Waals surface area contributed by atoms with Gasteiger partial charge in [-0.3, -0.25) is 9.69 Å². The van der Waals surface area contributed by atoms with Gasteiger partial charge in [0.05, 0.1) is 6.54 Å². The molecule has 4 heteroatoms. The lowest BCUT2D eigenvalue weighted by Crippen LogP contribution is -2.50. The Kier molecular flexibility index (Phi) is 4.06. The molecule has 0 amide bonds. The van der Waals surface area contributed by atoms with E-state index in [9.17, 15) is 4.79 Å². The molecule has 2 unspecified atom stereocenters. The van der Waals surface area contributed by atoms with Gasteiger partial charge in [-0.15, -0.1) is 0 Å². The average molecular weight is 231 g/mol. The van der Waals surface area contributed by atoms with Crippen molar-refractivity contribution in [2.75, 3.05) is 12.3 Å². The Bertz CT molecular complexity index is 237. The number of rotatable bonds is 3. The third-order valence-corrected chi connectivity index (χ3v) is 4.12. The van der Waals surface area contributed by atoms with Crippen LogP contribution < -0.4 is 0 Å². The summed E-state index contributed by atoms with van der Waals surface area (Å²) in [6.07, 6.45) is 1.11. The van der Waals surface area contributed by atoms with E-state index in [-0.39, 0.29) is 12.1 Å². The van der Waals surface area contributed by atoms with Crippen LogP contribution in [0.4, 0.5) is 0 Å². The highest BCUT2D eigenvalue weighted by molar-refractivity contribution is 8.00. The summed E-state index contributed by atoms with van der Waals surface area (Å²) in [5.74, 6) is 0.334. The second-order valence-corrected chi connectivity index (χ2v) is 6.70. The zero-order chi connectivity index (χ0) is 11.6. The summed E-state index contributed by atoms with van der Waals surface area (Å²) in [5, 5.41) is 9.59. The van der Waals surface area contributed by atoms with Crippen molar-refractivity contribution in [3.63, 3.8) is 0 Å². The number of hydrogen-bond donors (Lipinski definition) is 1. The molecule has 1 aliphatic heterocycles. The molecule has 1 fully saturated rings. The fourth-order valence-electron chi connectivity index (χ4n) is 2.07.